The monoisotopic (exact) mass is 109 g/mol. The minimum absolute atomic E-state index is 0. The molecule has 1 N–H and O–H groups in total. The zero-order valence-corrected chi connectivity index (χ0v) is 4.89. The number of hydrogen-bond acceptors (Lipinski definition) is 2. The van der Waals surface area contributed by atoms with Gasteiger partial charge in [-0.15, -0.1) is 0 Å². The van der Waals surface area contributed by atoms with E-state index in [-0.39, 0.29) is 16.8 Å². The molecule has 8 heavy (non-hydrogen) atoms. The summed E-state index contributed by atoms with van der Waals surface area (Å²) in [4.78, 5) is 0. The van der Waals surface area contributed by atoms with Crippen LogP contribution < -0.4 is 5.32 Å². The molecule has 0 saturated carbocycles. The van der Waals surface area contributed by atoms with Crippen LogP contribution in [0.3, 0.4) is 0 Å². The van der Waals surface area contributed by atoms with E-state index in [0.29, 0.717) is 0 Å². The molecule has 0 bridgehead atoms. The average molecular weight is 109 g/mol. The van der Waals surface area contributed by atoms with Gasteiger partial charge in [0.05, 0.1) is 13.2 Å². The molecule has 1 heterocycles. The summed E-state index contributed by atoms with van der Waals surface area (Å²) in [5, 5.41) is 3.16. The molecular formula is C4H9B2NO. The summed E-state index contributed by atoms with van der Waals surface area (Å²) in [6.45, 7) is 3.83. The van der Waals surface area contributed by atoms with Crippen LogP contribution in [-0.2, 0) is 4.74 Å². The Balaban J connectivity index is 0. The highest BCUT2D eigenvalue weighted by atomic mass is 16.5. The second-order valence-corrected chi connectivity index (χ2v) is 1.36. The highest BCUT2D eigenvalue weighted by Crippen LogP contribution is 1.76. The maximum absolute atomic E-state index is 5.01. The molecule has 1 rings (SSSR count). The number of morpholine rings is 1. The third kappa shape index (κ3) is 4.22. The van der Waals surface area contributed by atoms with Crippen LogP contribution in [0, 0.1) is 0 Å². The smallest absolute Gasteiger partial charge is 0.0591 e. The second-order valence-electron chi connectivity index (χ2n) is 1.36. The van der Waals surface area contributed by atoms with Gasteiger partial charge in [0.25, 0.3) is 0 Å². The van der Waals surface area contributed by atoms with Crippen LogP contribution in [0.25, 0.3) is 0 Å². The van der Waals surface area contributed by atoms with E-state index in [1.54, 1.807) is 0 Å². The summed E-state index contributed by atoms with van der Waals surface area (Å²) < 4.78 is 5.01. The molecule has 0 aromatic rings. The van der Waals surface area contributed by atoms with Gasteiger partial charge in [-0.3, -0.25) is 0 Å². The van der Waals surface area contributed by atoms with Gasteiger partial charge in [-0.2, -0.15) is 0 Å². The summed E-state index contributed by atoms with van der Waals surface area (Å²) in [6.07, 6.45) is 0. The normalized spacial score (nSPS) is 18.0. The van der Waals surface area contributed by atoms with Gasteiger partial charge in [-0.25, -0.2) is 0 Å². The molecule has 1 saturated heterocycles. The Labute approximate surface area is 54.1 Å². The van der Waals surface area contributed by atoms with Crippen LogP contribution in [-0.4, -0.2) is 43.1 Å². The van der Waals surface area contributed by atoms with Gasteiger partial charge in [0.15, 0.2) is 0 Å². The summed E-state index contributed by atoms with van der Waals surface area (Å²) in [6, 6.07) is 0. The van der Waals surface area contributed by atoms with E-state index in [1.165, 1.54) is 0 Å². The Kier molecular flexibility index (Phi) is 9.63. The lowest BCUT2D eigenvalue weighted by Gasteiger charge is -2.10. The number of hydrogen-bond donors (Lipinski definition) is 1. The van der Waals surface area contributed by atoms with Crippen molar-refractivity contribution >= 4 is 16.8 Å². The van der Waals surface area contributed by atoms with E-state index < -0.39 is 0 Å². The molecule has 1 aliphatic rings. The van der Waals surface area contributed by atoms with Crippen molar-refractivity contribution in [1.82, 2.24) is 5.32 Å². The molecule has 0 spiro atoms. The lowest BCUT2D eigenvalue weighted by molar-refractivity contribution is 0.109. The lowest BCUT2D eigenvalue weighted by atomic mass is 10.5. The molecule has 4 heteroatoms. The number of nitrogens with one attached hydrogen (secondary N) is 1. The molecule has 42 valence electrons. The highest BCUT2D eigenvalue weighted by Gasteiger charge is 1.92. The first-order valence-corrected chi connectivity index (χ1v) is 2.28. The van der Waals surface area contributed by atoms with Gasteiger partial charge in [-0.1, -0.05) is 0 Å². The van der Waals surface area contributed by atoms with Crippen molar-refractivity contribution in [3.8, 4) is 0 Å². The Morgan fingerprint density at radius 3 is 1.62 bits per heavy atom. The highest BCUT2D eigenvalue weighted by molar-refractivity contribution is 5.76. The van der Waals surface area contributed by atoms with Crippen LogP contribution >= 0.6 is 0 Å². The van der Waals surface area contributed by atoms with Crippen molar-refractivity contribution in [2.45, 2.75) is 0 Å². The van der Waals surface area contributed by atoms with Gasteiger partial charge in [-0.05, 0) is 0 Å². The minimum atomic E-state index is 0. The molecule has 2 nitrogen and oxygen atoms in total. The van der Waals surface area contributed by atoms with E-state index >= 15 is 0 Å². The van der Waals surface area contributed by atoms with Crippen molar-refractivity contribution in [3.63, 3.8) is 0 Å². The fraction of sp³-hybridized carbons (Fsp3) is 1.00. The van der Waals surface area contributed by atoms with Gasteiger partial charge in [0.2, 0.25) is 0 Å². The molecule has 0 amide bonds. The molecule has 0 aliphatic carbocycles. The fourth-order valence-electron chi connectivity index (χ4n) is 0.516. The number of rotatable bonds is 0. The van der Waals surface area contributed by atoms with E-state index in [1.807, 2.05) is 0 Å². The molecule has 0 atom stereocenters. The first-order valence-electron chi connectivity index (χ1n) is 2.28. The topological polar surface area (TPSA) is 21.3 Å². The first kappa shape index (κ1) is 10.9. The largest absolute Gasteiger partial charge is 0.379 e. The van der Waals surface area contributed by atoms with Gasteiger partial charge < -0.3 is 10.1 Å². The SMILES string of the molecule is C1COCCN1.[B].[B]. The zero-order valence-electron chi connectivity index (χ0n) is 4.89. The van der Waals surface area contributed by atoms with Gasteiger partial charge in [0, 0.05) is 29.9 Å². The summed E-state index contributed by atoms with van der Waals surface area (Å²) >= 11 is 0. The molecule has 0 unspecified atom stereocenters. The molecule has 1 fully saturated rings. The fourth-order valence-corrected chi connectivity index (χ4v) is 0.516. The van der Waals surface area contributed by atoms with Crippen LogP contribution in [0.4, 0.5) is 0 Å². The van der Waals surface area contributed by atoms with Gasteiger partial charge in [0.1, 0.15) is 0 Å². The van der Waals surface area contributed by atoms with Crippen LogP contribution in [0.5, 0.6) is 0 Å². The van der Waals surface area contributed by atoms with Crippen molar-refractivity contribution < 1.29 is 4.74 Å². The predicted molar refractivity (Wildman–Crippen MR) is 35.2 cm³/mol. The predicted octanol–water partition coefficient (Wildman–Crippen LogP) is -1.16. The van der Waals surface area contributed by atoms with Crippen LogP contribution in [0.2, 0.25) is 0 Å². The van der Waals surface area contributed by atoms with E-state index in [4.69, 9.17) is 4.74 Å². The maximum atomic E-state index is 5.01. The van der Waals surface area contributed by atoms with Crippen LogP contribution in [0.1, 0.15) is 0 Å². The summed E-state index contributed by atoms with van der Waals surface area (Å²) in [7, 11) is 0. The first-order chi connectivity index (χ1) is 3.00. The summed E-state index contributed by atoms with van der Waals surface area (Å²) in [5.74, 6) is 0. The Morgan fingerprint density at radius 1 is 1.00 bits per heavy atom. The van der Waals surface area contributed by atoms with E-state index in [2.05, 4.69) is 5.32 Å². The Morgan fingerprint density at radius 2 is 1.50 bits per heavy atom. The minimum Gasteiger partial charge on any atom is -0.379 e. The quantitative estimate of drug-likeness (QED) is 0.396. The van der Waals surface area contributed by atoms with Crippen molar-refractivity contribution in [3.05, 3.63) is 0 Å². The molecule has 1 aliphatic heterocycles. The molecular weight excluding hydrogens is 99.7 g/mol. The molecule has 0 aromatic carbocycles. The molecule has 6 radical (unpaired) electrons. The Bertz CT molecular complexity index is 29.5. The average Bonchev–Trinajstić information content (AvgIpc) is 1.72. The van der Waals surface area contributed by atoms with Crippen molar-refractivity contribution in [2.24, 2.45) is 0 Å². The Hall–Kier alpha value is 0.0499. The second kappa shape index (κ2) is 7.05. The third-order valence-corrected chi connectivity index (χ3v) is 0.846. The third-order valence-electron chi connectivity index (χ3n) is 0.846. The van der Waals surface area contributed by atoms with Crippen LogP contribution in [0.15, 0.2) is 0 Å². The zero-order chi connectivity index (χ0) is 4.24. The summed E-state index contributed by atoms with van der Waals surface area (Å²) in [5.41, 5.74) is 0. The number of ether oxygens (including phenoxy) is 1. The van der Waals surface area contributed by atoms with E-state index in [9.17, 15) is 0 Å². The standard InChI is InChI=1S/C4H9NO.2B/c1-3-6-4-2-5-1;;/h5H,1-4H2;;. The van der Waals surface area contributed by atoms with E-state index in [0.717, 1.165) is 26.3 Å². The van der Waals surface area contributed by atoms with Crippen molar-refractivity contribution in [2.75, 3.05) is 26.3 Å². The lowest BCUT2D eigenvalue weighted by Crippen LogP contribution is -2.30. The maximum Gasteiger partial charge on any atom is 0.0591 e. The van der Waals surface area contributed by atoms with Crippen molar-refractivity contribution in [1.29, 1.82) is 0 Å². The van der Waals surface area contributed by atoms with Gasteiger partial charge >= 0.3 is 0 Å². The molecule has 0 aromatic heterocycles.